The zero-order valence-corrected chi connectivity index (χ0v) is 22.9. The van der Waals surface area contributed by atoms with Crippen LogP contribution in [0.2, 0.25) is 0 Å². The number of hydrogen-bond donors (Lipinski definition) is 2. The minimum atomic E-state index is -0.254. The molecule has 2 fully saturated rings. The lowest BCUT2D eigenvalue weighted by Gasteiger charge is -2.42. The topological polar surface area (TPSA) is 76.7 Å². The molecule has 2 aliphatic heterocycles. The van der Waals surface area contributed by atoms with Crippen LogP contribution in [-0.2, 0) is 9.59 Å². The molecule has 1 aromatic rings. The van der Waals surface area contributed by atoms with Crippen molar-refractivity contribution < 1.29 is 19.1 Å². The maximum absolute atomic E-state index is 13.2. The number of rotatable bonds is 7. The van der Waals surface area contributed by atoms with Gasteiger partial charge in [-0.2, -0.15) is 0 Å². The summed E-state index contributed by atoms with van der Waals surface area (Å²) in [6.45, 7) is 17.3. The molecule has 2 saturated heterocycles. The average Bonchev–Trinajstić information content (AvgIpc) is 2.78. The molecular formula is C29H46N2O4. The van der Waals surface area contributed by atoms with E-state index in [1.807, 2.05) is 0 Å². The molecule has 2 N–H and O–H groups in total. The number of piperidine rings is 2. The van der Waals surface area contributed by atoms with Gasteiger partial charge in [0.1, 0.15) is 0 Å². The van der Waals surface area contributed by atoms with Gasteiger partial charge in [0.25, 0.3) is 0 Å². The van der Waals surface area contributed by atoms with Crippen molar-refractivity contribution in [2.45, 2.75) is 105 Å². The predicted octanol–water partition coefficient (Wildman–Crippen LogP) is 5.35. The third kappa shape index (κ3) is 7.29. The number of esters is 2. The Hall–Kier alpha value is -1.92. The molecule has 2 aliphatic rings. The van der Waals surface area contributed by atoms with Crippen molar-refractivity contribution in [1.29, 1.82) is 0 Å². The third-order valence-corrected chi connectivity index (χ3v) is 7.73. The molecule has 6 heteroatoms. The Bertz CT molecular complexity index is 863. The summed E-state index contributed by atoms with van der Waals surface area (Å²) in [7, 11) is 0. The molecule has 0 spiro atoms. The summed E-state index contributed by atoms with van der Waals surface area (Å²) in [6.07, 6.45) is 2.95. The Morgan fingerprint density at radius 3 is 1.66 bits per heavy atom. The van der Waals surface area contributed by atoms with Crippen molar-refractivity contribution in [1.82, 2.24) is 10.6 Å². The number of carbonyl (C=O) groups excluding carboxylic acids is 2. The van der Waals surface area contributed by atoms with E-state index in [2.05, 4.69) is 66.0 Å². The van der Waals surface area contributed by atoms with Crippen LogP contribution >= 0.6 is 0 Å². The lowest BCUT2D eigenvalue weighted by Crippen LogP contribution is -2.55. The van der Waals surface area contributed by atoms with Gasteiger partial charge in [0.15, 0.2) is 11.5 Å². The second-order valence-electron chi connectivity index (χ2n) is 12.3. The highest BCUT2D eigenvalue weighted by molar-refractivity contribution is 5.79. The fourth-order valence-electron chi connectivity index (χ4n) is 5.49. The molecule has 0 radical (unpaired) electrons. The molecule has 35 heavy (non-hydrogen) atoms. The molecule has 1 aromatic carbocycles. The number of para-hydroxylation sites is 2. The first-order valence-electron chi connectivity index (χ1n) is 13.4. The van der Waals surface area contributed by atoms with Crippen LogP contribution in [0.5, 0.6) is 11.5 Å². The van der Waals surface area contributed by atoms with Crippen LogP contribution in [0, 0.1) is 29.6 Å². The summed E-state index contributed by atoms with van der Waals surface area (Å²) >= 11 is 0. The van der Waals surface area contributed by atoms with Gasteiger partial charge in [-0.3, -0.25) is 9.59 Å². The van der Waals surface area contributed by atoms with Gasteiger partial charge in [0.2, 0.25) is 0 Å². The van der Waals surface area contributed by atoms with Crippen LogP contribution in [0.15, 0.2) is 24.3 Å². The Morgan fingerprint density at radius 2 is 1.20 bits per heavy atom. The van der Waals surface area contributed by atoms with Gasteiger partial charge in [-0.1, -0.05) is 53.7 Å². The maximum atomic E-state index is 13.2. The van der Waals surface area contributed by atoms with Crippen molar-refractivity contribution in [3.8, 4) is 11.5 Å². The summed E-state index contributed by atoms with van der Waals surface area (Å²) in [6, 6.07) is 7.84. The van der Waals surface area contributed by atoms with Crippen molar-refractivity contribution in [2.24, 2.45) is 29.6 Å². The van der Waals surface area contributed by atoms with Crippen LogP contribution in [0.3, 0.4) is 0 Å². The predicted molar refractivity (Wildman–Crippen MR) is 139 cm³/mol. The lowest BCUT2D eigenvalue weighted by molar-refractivity contribution is -0.144. The molecule has 3 rings (SSSR count). The molecule has 0 aromatic heterocycles. The SMILES string of the molecule is CC(C)C1CC(C(=O)Oc2ccccc2OC(=O)C2CC(C(C)C)NC(C)(C)C2)CC(C(C)C)N1. The quantitative estimate of drug-likeness (QED) is 0.400. The van der Waals surface area contributed by atoms with E-state index >= 15 is 0 Å². The van der Waals surface area contributed by atoms with Crippen LogP contribution in [-0.4, -0.2) is 35.6 Å². The Labute approximate surface area is 211 Å². The zero-order chi connectivity index (χ0) is 25.9. The first kappa shape index (κ1) is 27.7. The van der Waals surface area contributed by atoms with E-state index in [4.69, 9.17) is 9.47 Å². The first-order valence-corrected chi connectivity index (χ1v) is 13.4. The molecule has 0 bridgehead atoms. The van der Waals surface area contributed by atoms with Gasteiger partial charge in [-0.15, -0.1) is 0 Å². The molecule has 4 atom stereocenters. The standard InChI is InChI=1S/C29H46N2O4/c1-17(2)22-13-20(14-23(30-22)18(3)4)27(32)34-25-11-9-10-12-26(25)35-28(33)21-15-24(19(5)6)31-29(7,8)16-21/h9-12,17-24,30-31H,13-16H2,1-8H3. The lowest BCUT2D eigenvalue weighted by atomic mass is 9.78. The number of nitrogens with one attached hydrogen (secondary N) is 2. The van der Waals surface area contributed by atoms with E-state index in [1.54, 1.807) is 24.3 Å². The molecule has 4 unspecified atom stereocenters. The molecule has 2 heterocycles. The highest BCUT2D eigenvalue weighted by Crippen LogP contribution is 2.35. The molecule has 196 valence electrons. The van der Waals surface area contributed by atoms with Gasteiger partial charge in [0, 0.05) is 23.7 Å². The summed E-state index contributed by atoms with van der Waals surface area (Å²) in [4.78, 5) is 26.4. The zero-order valence-electron chi connectivity index (χ0n) is 22.9. The molecule has 6 nitrogen and oxygen atoms in total. The smallest absolute Gasteiger partial charge is 0.314 e. The number of ether oxygens (including phenoxy) is 2. The summed E-state index contributed by atoms with van der Waals surface area (Å²) in [5, 5.41) is 7.37. The summed E-state index contributed by atoms with van der Waals surface area (Å²) < 4.78 is 11.7. The van der Waals surface area contributed by atoms with Gasteiger partial charge >= 0.3 is 11.9 Å². The van der Waals surface area contributed by atoms with Gasteiger partial charge in [-0.25, -0.2) is 0 Å². The van der Waals surface area contributed by atoms with Crippen LogP contribution in [0.25, 0.3) is 0 Å². The Morgan fingerprint density at radius 1 is 0.771 bits per heavy atom. The Balaban J connectivity index is 1.71. The second kappa shape index (κ2) is 11.4. The monoisotopic (exact) mass is 486 g/mol. The van der Waals surface area contributed by atoms with Crippen molar-refractivity contribution in [3.05, 3.63) is 24.3 Å². The number of benzene rings is 1. The van der Waals surface area contributed by atoms with Gasteiger partial charge < -0.3 is 20.1 Å². The minimum Gasteiger partial charge on any atom is -0.422 e. The van der Waals surface area contributed by atoms with Crippen LogP contribution < -0.4 is 20.1 Å². The summed E-state index contributed by atoms with van der Waals surface area (Å²) in [5.74, 6) is 1.05. The highest BCUT2D eigenvalue weighted by atomic mass is 16.6. The van der Waals surface area contributed by atoms with Gasteiger partial charge in [-0.05, 0) is 69.4 Å². The molecular weight excluding hydrogens is 440 g/mol. The van der Waals surface area contributed by atoms with Crippen molar-refractivity contribution in [3.63, 3.8) is 0 Å². The average molecular weight is 487 g/mol. The van der Waals surface area contributed by atoms with Crippen LogP contribution in [0.1, 0.15) is 81.1 Å². The van der Waals surface area contributed by atoms with Crippen molar-refractivity contribution >= 4 is 11.9 Å². The maximum Gasteiger partial charge on any atom is 0.314 e. The van der Waals surface area contributed by atoms with E-state index in [-0.39, 0.29) is 47.4 Å². The van der Waals surface area contributed by atoms with E-state index in [1.165, 1.54) is 0 Å². The van der Waals surface area contributed by atoms with E-state index in [0.717, 1.165) is 19.3 Å². The second-order valence-corrected chi connectivity index (χ2v) is 12.3. The third-order valence-electron chi connectivity index (χ3n) is 7.73. The van der Waals surface area contributed by atoms with E-state index < -0.39 is 0 Å². The van der Waals surface area contributed by atoms with E-state index in [0.29, 0.717) is 35.7 Å². The first-order chi connectivity index (χ1) is 16.4. The highest BCUT2D eigenvalue weighted by Gasteiger charge is 2.39. The fraction of sp³-hybridized carbons (Fsp3) is 0.724. The Kier molecular flexibility index (Phi) is 9.03. The minimum absolute atomic E-state index is 0.141. The van der Waals surface area contributed by atoms with Gasteiger partial charge in [0.05, 0.1) is 11.8 Å². The van der Waals surface area contributed by atoms with Crippen LogP contribution in [0.4, 0.5) is 0 Å². The van der Waals surface area contributed by atoms with Crippen molar-refractivity contribution in [2.75, 3.05) is 0 Å². The number of carbonyl (C=O) groups is 2. The number of hydrogen-bond acceptors (Lipinski definition) is 6. The summed E-state index contributed by atoms with van der Waals surface area (Å²) in [5.41, 5.74) is -0.141. The molecule has 0 aliphatic carbocycles. The normalized spacial score (nSPS) is 28.8. The molecule has 0 saturated carbocycles. The largest absolute Gasteiger partial charge is 0.422 e. The van der Waals surface area contributed by atoms with E-state index in [9.17, 15) is 9.59 Å². The molecule has 0 amide bonds. The fourth-order valence-corrected chi connectivity index (χ4v) is 5.49.